The van der Waals surface area contributed by atoms with Crippen LogP contribution in [0.4, 0.5) is 0 Å². The molecule has 0 saturated carbocycles. The topological polar surface area (TPSA) is 92.7 Å². The second kappa shape index (κ2) is 7.35. The minimum atomic E-state index is -0.464. The van der Waals surface area contributed by atoms with Crippen LogP contribution in [-0.4, -0.2) is 25.7 Å². The van der Waals surface area contributed by atoms with Crippen LogP contribution in [0.3, 0.4) is 0 Å². The number of aromatic amines is 1. The van der Waals surface area contributed by atoms with Crippen LogP contribution in [0.5, 0.6) is 0 Å². The van der Waals surface area contributed by atoms with Crippen LogP contribution in [0.25, 0.3) is 11.4 Å². The lowest BCUT2D eigenvalue weighted by Crippen LogP contribution is -2.33. The molecule has 0 aliphatic rings. The zero-order valence-corrected chi connectivity index (χ0v) is 15.0. The monoisotopic (exact) mass is 351 g/mol. The summed E-state index contributed by atoms with van der Waals surface area (Å²) in [6, 6.07) is 9.26. The number of rotatable bonds is 5. The van der Waals surface area contributed by atoms with Gasteiger partial charge in [0.2, 0.25) is 0 Å². The fraction of sp³-hybridized carbons (Fsp3) is 0.263. The molecular formula is C19H21N5O2. The molecule has 2 aromatic heterocycles. The van der Waals surface area contributed by atoms with Crippen molar-refractivity contribution in [1.29, 1.82) is 0 Å². The standard InChI is InChI=1S/C19H21N5O2/c1-4-15(16-8-9-21-24(16)3)22-18(25)14-11-20-17(23-19(14)26)13-7-5-6-12(2)10-13/h5-11,15H,4H2,1-3H3,(H,22,25)(H,20,23,26). The number of hydrogen-bond donors (Lipinski definition) is 2. The molecule has 0 bridgehead atoms. The van der Waals surface area contributed by atoms with Crippen molar-refractivity contribution in [1.82, 2.24) is 25.1 Å². The Labute approximate surface area is 151 Å². The van der Waals surface area contributed by atoms with Crippen LogP contribution in [0.2, 0.25) is 0 Å². The number of aromatic nitrogens is 4. The van der Waals surface area contributed by atoms with E-state index >= 15 is 0 Å². The maximum Gasteiger partial charge on any atom is 0.264 e. The number of nitrogens with zero attached hydrogens (tertiary/aromatic N) is 3. The summed E-state index contributed by atoms with van der Waals surface area (Å²) in [5.74, 6) is -0.0171. The lowest BCUT2D eigenvalue weighted by molar-refractivity contribution is 0.0932. The summed E-state index contributed by atoms with van der Waals surface area (Å²) in [5.41, 5.74) is 2.27. The SMILES string of the molecule is CCC(NC(=O)c1cnc(-c2cccc(C)c2)[nH]c1=O)c1ccnn1C. The molecule has 1 unspecified atom stereocenters. The maximum atomic E-state index is 12.5. The molecule has 7 heteroatoms. The molecule has 1 atom stereocenters. The van der Waals surface area contributed by atoms with Crippen molar-refractivity contribution in [3.63, 3.8) is 0 Å². The van der Waals surface area contributed by atoms with Gasteiger partial charge in [-0.1, -0.05) is 30.7 Å². The molecule has 0 spiro atoms. The van der Waals surface area contributed by atoms with E-state index in [-0.39, 0.29) is 11.6 Å². The van der Waals surface area contributed by atoms with Gasteiger partial charge in [0.15, 0.2) is 0 Å². The zero-order chi connectivity index (χ0) is 18.7. The average Bonchev–Trinajstić information content (AvgIpc) is 3.05. The first-order valence-corrected chi connectivity index (χ1v) is 8.44. The van der Waals surface area contributed by atoms with Crippen molar-refractivity contribution in [3.8, 4) is 11.4 Å². The van der Waals surface area contributed by atoms with Gasteiger partial charge in [-0.25, -0.2) is 4.98 Å². The first-order valence-electron chi connectivity index (χ1n) is 8.44. The Morgan fingerprint density at radius 2 is 2.15 bits per heavy atom. The van der Waals surface area contributed by atoms with Crippen molar-refractivity contribution < 1.29 is 4.79 Å². The van der Waals surface area contributed by atoms with Crippen LogP contribution in [-0.2, 0) is 7.05 Å². The lowest BCUT2D eigenvalue weighted by atomic mass is 10.1. The van der Waals surface area contributed by atoms with Gasteiger partial charge >= 0.3 is 0 Å². The molecule has 0 radical (unpaired) electrons. The third-order valence-electron chi connectivity index (χ3n) is 4.26. The van der Waals surface area contributed by atoms with E-state index in [2.05, 4.69) is 20.4 Å². The van der Waals surface area contributed by atoms with Crippen molar-refractivity contribution >= 4 is 5.91 Å². The van der Waals surface area contributed by atoms with Gasteiger partial charge in [0, 0.05) is 25.0 Å². The van der Waals surface area contributed by atoms with Gasteiger partial charge in [-0.05, 0) is 25.5 Å². The van der Waals surface area contributed by atoms with Crippen LogP contribution in [0.1, 0.15) is 41.0 Å². The maximum absolute atomic E-state index is 12.5. The van der Waals surface area contributed by atoms with E-state index in [9.17, 15) is 9.59 Å². The minimum absolute atomic E-state index is 0.0120. The molecule has 7 nitrogen and oxygen atoms in total. The summed E-state index contributed by atoms with van der Waals surface area (Å²) < 4.78 is 1.71. The Morgan fingerprint density at radius 1 is 1.35 bits per heavy atom. The van der Waals surface area contributed by atoms with Gasteiger partial charge in [0.1, 0.15) is 11.4 Å². The van der Waals surface area contributed by atoms with Crippen LogP contribution in [0.15, 0.2) is 47.5 Å². The second-order valence-corrected chi connectivity index (χ2v) is 6.16. The summed E-state index contributed by atoms with van der Waals surface area (Å²) in [5, 5.41) is 7.00. The second-order valence-electron chi connectivity index (χ2n) is 6.16. The van der Waals surface area contributed by atoms with E-state index in [0.29, 0.717) is 12.2 Å². The molecule has 134 valence electrons. The molecule has 1 amide bonds. The fourth-order valence-corrected chi connectivity index (χ4v) is 2.84. The number of H-pyrrole nitrogens is 1. The van der Waals surface area contributed by atoms with Gasteiger partial charge in [0.25, 0.3) is 11.5 Å². The van der Waals surface area contributed by atoms with E-state index in [0.717, 1.165) is 16.8 Å². The van der Waals surface area contributed by atoms with E-state index in [4.69, 9.17) is 0 Å². The van der Waals surface area contributed by atoms with Crippen molar-refractivity contribution in [2.24, 2.45) is 7.05 Å². The molecule has 0 saturated heterocycles. The van der Waals surface area contributed by atoms with Gasteiger partial charge < -0.3 is 10.3 Å². The summed E-state index contributed by atoms with van der Waals surface area (Å²) >= 11 is 0. The van der Waals surface area contributed by atoms with E-state index in [1.54, 1.807) is 10.9 Å². The molecular weight excluding hydrogens is 330 g/mol. The van der Waals surface area contributed by atoms with E-state index < -0.39 is 11.5 Å². The van der Waals surface area contributed by atoms with Crippen LogP contribution < -0.4 is 10.9 Å². The Hall–Kier alpha value is -3.22. The highest BCUT2D eigenvalue weighted by molar-refractivity contribution is 5.93. The first kappa shape index (κ1) is 17.6. The molecule has 0 fully saturated rings. The van der Waals surface area contributed by atoms with Gasteiger partial charge in [-0.15, -0.1) is 0 Å². The van der Waals surface area contributed by atoms with Gasteiger partial charge in [-0.3, -0.25) is 14.3 Å². The highest BCUT2D eigenvalue weighted by Gasteiger charge is 2.19. The molecule has 26 heavy (non-hydrogen) atoms. The Morgan fingerprint density at radius 3 is 2.77 bits per heavy atom. The largest absolute Gasteiger partial charge is 0.343 e. The molecule has 3 rings (SSSR count). The van der Waals surface area contributed by atoms with Crippen molar-refractivity contribution in [2.45, 2.75) is 26.3 Å². The molecule has 2 heterocycles. The lowest BCUT2D eigenvalue weighted by Gasteiger charge is -2.17. The Kier molecular flexibility index (Phi) is 4.97. The first-order chi connectivity index (χ1) is 12.5. The summed E-state index contributed by atoms with van der Waals surface area (Å²) in [6.07, 6.45) is 3.68. The highest BCUT2D eigenvalue weighted by Crippen LogP contribution is 2.17. The van der Waals surface area contributed by atoms with Crippen LogP contribution in [0, 0.1) is 6.92 Å². The van der Waals surface area contributed by atoms with E-state index in [1.165, 1.54) is 6.20 Å². The van der Waals surface area contributed by atoms with Crippen molar-refractivity contribution in [2.75, 3.05) is 0 Å². The third kappa shape index (κ3) is 3.56. The Balaban J connectivity index is 1.84. The third-order valence-corrected chi connectivity index (χ3v) is 4.26. The zero-order valence-electron chi connectivity index (χ0n) is 15.0. The van der Waals surface area contributed by atoms with Crippen molar-refractivity contribution in [3.05, 3.63) is 69.9 Å². The summed E-state index contributed by atoms with van der Waals surface area (Å²) in [7, 11) is 1.81. The number of amides is 1. The van der Waals surface area contributed by atoms with E-state index in [1.807, 2.05) is 51.2 Å². The smallest absolute Gasteiger partial charge is 0.264 e. The average molecular weight is 351 g/mol. The Bertz CT molecular complexity index is 989. The fourth-order valence-electron chi connectivity index (χ4n) is 2.84. The molecule has 0 aliphatic carbocycles. The molecule has 0 aliphatic heterocycles. The van der Waals surface area contributed by atoms with Crippen LogP contribution >= 0.6 is 0 Å². The number of carbonyl (C=O) groups is 1. The number of hydrogen-bond acceptors (Lipinski definition) is 4. The summed E-state index contributed by atoms with van der Waals surface area (Å²) in [4.78, 5) is 31.9. The quantitative estimate of drug-likeness (QED) is 0.738. The molecule has 1 aromatic carbocycles. The highest BCUT2D eigenvalue weighted by atomic mass is 16.2. The number of benzene rings is 1. The van der Waals surface area contributed by atoms with Gasteiger partial charge in [0.05, 0.1) is 11.7 Å². The molecule has 2 N–H and O–H groups in total. The predicted molar refractivity (Wildman–Crippen MR) is 98.7 cm³/mol. The number of carbonyl (C=O) groups excluding carboxylic acids is 1. The summed E-state index contributed by atoms with van der Waals surface area (Å²) in [6.45, 7) is 3.92. The number of nitrogens with one attached hydrogen (secondary N) is 2. The predicted octanol–water partition coefficient (Wildman–Crippen LogP) is 2.36. The van der Waals surface area contributed by atoms with Gasteiger partial charge in [-0.2, -0.15) is 5.10 Å². The number of aryl methyl sites for hydroxylation is 2. The molecule has 3 aromatic rings. The normalized spacial score (nSPS) is 12.0. The minimum Gasteiger partial charge on any atom is -0.343 e.